The van der Waals surface area contributed by atoms with Crippen molar-refractivity contribution >= 4 is 29.0 Å². The molecule has 0 fully saturated rings. The number of hydrogen-bond donors (Lipinski definition) is 1. The van der Waals surface area contributed by atoms with E-state index in [-0.39, 0.29) is 17.7 Å². The molecule has 1 heterocycles. The van der Waals surface area contributed by atoms with Gasteiger partial charge in [0.15, 0.2) is 17.1 Å². The average Bonchev–Trinajstić information content (AvgIpc) is 3.21. The van der Waals surface area contributed by atoms with Crippen LogP contribution >= 0.6 is 11.8 Å². The van der Waals surface area contributed by atoms with Crippen LogP contribution in [0.25, 0.3) is 0 Å². The van der Waals surface area contributed by atoms with E-state index in [9.17, 15) is 19.3 Å². The van der Waals surface area contributed by atoms with Crippen molar-refractivity contribution in [1.29, 1.82) is 0 Å². The summed E-state index contributed by atoms with van der Waals surface area (Å²) in [5, 5.41) is 22.2. The third-order valence-corrected chi connectivity index (χ3v) is 6.66. The molecule has 2 unspecified atom stereocenters. The number of thioether (sulfide) groups is 1. The normalized spacial score (nSPS) is 13.0. The fraction of sp³-hybridized carbons (Fsp3) is 0.423. The van der Waals surface area contributed by atoms with E-state index in [1.54, 1.807) is 6.92 Å². The Bertz CT molecular complexity index is 1250. The van der Waals surface area contributed by atoms with E-state index in [1.165, 1.54) is 23.4 Å². The molecule has 0 radical (unpaired) electrons. The molecule has 3 rings (SSSR count). The van der Waals surface area contributed by atoms with Crippen molar-refractivity contribution in [2.24, 2.45) is 5.92 Å². The molecule has 0 aliphatic rings. The number of carbonyl (C=O) groups is 1. The lowest BCUT2D eigenvalue weighted by atomic mass is 10.0. The second-order valence-corrected chi connectivity index (χ2v) is 10.8. The van der Waals surface area contributed by atoms with Crippen LogP contribution in [0.1, 0.15) is 65.0 Å². The van der Waals surface area contributed by atoms with Crippen molar-refractivity contribution in [3.05, 3.63) is 69.8 Å². The van der Waals surface area contributed by atoms with Crippen LogP contribution in [0.3, 0.4) is 0 Å². The summed E-state index contributed by atoms with van der Waals surface area (Å²) in [6, 6.07) is 11.2. The summed E-state index contributed by atoms with van der Waals surface area (Å²) < 4.78 is 21.7. The molecule has 2 atom stereocenters. The van der Waals surface area contributed by atoms with Crippen molar-refractivity contribution in [2.45, 2.75) is 70.5 Å². The van der Waals surface area contributed by atoms with E-state index in [0.717, 1.165) is 17.9 Å². The largest absolute Gasteiger partial charge is 0.483 e. The number of nitrogens with one attached hydrogen (secondary N) is 1. The number of halogens is 1. The summed E-state index contributed by atoms with van der Waals surface area (Å²) in [5.41, 5.74) is 0.664. The highest BCUT2D eigenvalue weighted by Gasteiger charge is 2.25. The van der Waals surface area contributed by atoms with Crippen LogP contribution in [0.4, 0.5) is 15.8 Å². The van der Waals surface area contributed by atoms with E-state index in [2.05, 4.69) is 43.2 Å². The van der Waals surface area contributed by atoms with Gasteiger partial charge in [-0.25, -0.2) is 0 Å². The van der Waals surface area contributed by atoms with E-state index < -0.39 is 27.6 Å². The molecule has 198 valence electrons. The summed E-state index contributed by atoms with van der Waals surface area (Å²) in [4.78, 5) is 23.0. The third-order valence-electron chi connectivity index (χ3n) is 5.58. The minimum absolute atomic E-state index is 0.139. The summed E-state index contributed by atoms with van der Waals surface area (Å²) in [6.07, 6.45) is -0.380. The summed E-state index contributed by atoms with van der Waals surface area (Å²) in [7, 11) is 0. The molecule has 0 bridgehead atoms. The fourth-order valence-corrected chi connectivity index (χ4v) is 4.46. The Hall–Kier alpha value is -3.47. The molecule has 1 aromatic heterocycles. The van der Waals surface area contributed by atoms with Gasteiger partial charge in [-0.3, -0.25) is 14.9 Å². The molecule has 11 heteroatoms. The zero-order chi connectivity index (χ0) is 27.3. The smallest absolute Gasteiger partial charge is 0.306 e. The Balaban J connectivity index is 1.75. The number of benzene rings is 2. The standard InChI is InChI=1S/C26H32FN5O4S/c1-15(2)14-31-24(17(5)36-21-10-7-19(8-11-21)16(3)4)29-30-26(31)37-18(6)25(33)28-20-9-12-22(27)23(13-20)32(34)35/h7-13,15-18H,14H2,1-6H3,(H,28,33). The topological polar surface area (TPSA) is 112 Å². The molecule has 0 spiro atoms. The molecule has 2 aromatic carbocycles. The maximum absolute atomic E-state index is 13.6. The first-order valence-electron chi connectivity index (χ1n) is 12.1. The highest BCUT2D eigenvalue weighted by atomic mass is 32.2. The highest BCUT2D eigenvalue weighted by molar-refractivity contribution is 8.00. The monoisotopic (exact) mass is 529 g/mol. The van der Waals surface area contributed by atoms with Crippen molar-refractivity contribution < 1.29 is 18.8 Å². The Labute approximate surface area is 220 Å². The summed E-state index contributed by atoms with van der Waals surface area (Å²) >= 11 is 1.22. The molecule has 9 nitrogen and oxygen atoms in total. The number of carbonyl (C=O) groups excluding carboxylic acids is 1. The summed E-state index contributed by atoms with van der Waals surface area (Å²) in [5.74, 6) is 0.721. The van der Waals surface area contributed by atoms with Gasteiger partial charge in [-0.05, 0) is 55.5 Å². The van der Waals surface area contributed by atoms with Gasteiger partial charge in [0.1, 0.15) is 5.75 Å². The minimum atomic E-state index is -0.966. The molecular formula is C26H32FN5O4S. The number of hydrogen-bond acceptors (Lipinski definition) is 7. The summed E-state index contributed by atoms with van der Waals surface area (Å²) in [6.45, 7) is 12.7. The number of aromatic nitrogens is 3. The molecule has 0 aliphatic carbocycles. The van der Waals surface area contributed by atoms with Gasteiger partial charge in [0, 0.05) is 18.3 Å². The van der Waals surface area contributed by atoms with Crippen molar-refractivity contribution in [3.8, 4) is 5.75 Å². The number of ether oxygens (including phenoxy) is 1. The Kier molecular flexibility index (Phi) is 9.25. The zero-order valence-corrected chi connectivity index (χ0v) is 22.6. The Morgan fingerprint density at radius 1 is 1.11 bits per heavy atom. The van der Waals surface area contributed by atoms with Gasteiger partial charge in [-0.2, -0.15) is 4.39 Å². The second kappa shape index (κ2) is 12.2. The molecule has 1 amide bonds. The number of nitrogens with zero attached hydrogens (tertiary/aromatic N) is 4. The molecule has 1 N–H and O–H groups in total. The van der Waals surface area contributed by atoms with E-state index in [0.29, 0.717) is 23.4 Å². The molecule has 3 aromatic rings. The quantitative estimate of drug-likeness (QED) is 0.175. The average molecular weight is 530 g/mol. The van der Waals surface area contributed by atoms with Crippen LogP contribution in [0, 0.1) is 21.8 Å². The van der Waals surface area contributed by atoms with Gasteiger partial charge in [-0.15, -0.1) is 10.2 Å². The van der Waals surface area contributed by atoms with Crippen molar-refractivity contribution in [3.63, 3.8) is 0 Å². The maximum atomic E-state index is 13.6. The zero-order valence-electron chi connectivity index (χ0n) is 21.8. The number of rotatable bonds is 11. The molecular weight excluding hydrogens is 497 g/mol. The minimum Gasteiger partial charge on any atom is -0.483 e. The number of nitro benzene ring substituents is 1. The second-order valence-electron chi connectivity index (χ2n) is 9.50. The van der Waals surface area contributed by atoms with Crippen LogP contribution in [0.15, 0.2) is 47.6 Å². The number of amides is 1. The van der Waals surface area contributed by atoms with Crippen molar-refractivity contribution in [2.75, 3.05) is 5.32 Å². The van der Waals surface area contributed by atoms with Gasteiger partial charge in [0.25, 0.3) is 0 Å². The van der Waals surface area contributed by atoms with Crippen LogP contribution < -0.4 is 10.1 Å². The van der Waals surface area contributed by atoms with E-state index in [4.69, 9.17) is 4.74 Å². The van der Waals surface area contributed by atoms with E-state index in [1.807, 2.05) is 35.8 Å². The highest BCUT2D eigenvalue weighted by Crippen LogP contribution is 2.29. The molecule has 0 saturated heterocycles. The van der Waals surface area contributed by atoms with Gasteiger partial charge < -0.3 is 14.6 Å². The number of anilines is 1. The van der Waals surface area contributed by atoms with Crippen LogP contribution in [-0.2, 0) is 11.3 Å². The molecule has 37 heavy (non-hydrogen) atoms. The van der Waals surface area contributed by atoms with Crippen LogP contribution in [0.5, 0.6) is 5.75 Å². The van der Waals surface area contributed by atoms with Gasteiger partial charge >= 0.3 is 5.69 Å². The number of nitro groups is 1. The van der Waals surface area contributed by atoms with Crippen LogP contribution in [0.2, 0.25) is 0 Å². The SMILES string of the molecule is CC(C)Cn1c(SC(C)C(=O)Nc2ccc(F)c([N+](=O)[O-])c2)nnc1C(C)Oc1ccc(C(C)C)cc1. The predicted molar refractivity (Wildman–Crippen MR) is 141 cm³/mol. The van der Waals surface area contributed by atoms with Gasteiger partial charge in [0.2, 0.25) is 11.7 Å². The first-order chi connectivity index (χ1) is 17.5. The first kappa shape index (κ1) is 28.1. The predicted octanol–water partition coefficient (Wildman–Crippen LogP) is 6.36. The van der Waals surface area contributed by atoms with Crippen LogP contribution in [-0.4, -0.2) is 30.8 Å². The Morgan fingerprint density at radius 2 is 1.78 bits per heavy atom. The lowest BCUT2D eigenvalue weighted by Gasteiger charge is -2.19. The Morgan fingerprint density at radius 3 is 2.38 bits per heavy atom. The fourth-order valence-electron chi connectivity index (χ4n) is 3.60. The van der Waals surface area contributed by atoms with Gasteiger partial charge in [0.05, 0.1) is 10.2 Å². The van der Waals surface area contributed by atoms with E-state index >= 15 is 0 Å². The van der Waals surface area contributed by atoms with Crippen molar-refractivity contribution in [1.82, 2.24) is 14.8 Å². The lowest BCUT2D eigenvalue weighted by molar-refractivity contribution is -0.387. The first-order valence-corrected chi connectivity index (χ1v) is 12.9. The maximum Gasteiger partial charge on any atom is 0.306 e. The lowest BCUT2D eigenvalue weighted by Crippen LogP contribution is -2.23. The molecule has 0 aliphatic heterocycles. The van der Waals surface area contributed by atoms with Gasteiger partial charge in [-0.1, -0.05) is 51.6 Å². The third kappa shape index (κ3) is 7.28. The molecule has 0 saturated carbocycles.